The molecule has 2 bridgehead atoms. The highest BCUT2D eigenvalue weighted by Crippen LogP contribution is 2.45. The van der Waals surface area contributed by atoms with Crippen molar-refractivity contribution in [1.82, 2.24) is 0 Å². The maximum atomic E-state index is 4.40. The monoisotopic (exact) mass is 226 g/mol. The van der Waals surface area contributed by atoms with Gasteiger partial charge in [0.1, 0.15) is 0 Å². The van der Waals surface area contributed by atoms with Crippen LogP contribution in [0.3, 0.4) is 0 Å². The second-order valence-corrected chi connectivity index (χ2v) is 6.32. The van der Waals surface area contributed by atoms with Gasteiger partial charge in [0.25, 0.3) is 0 Å². The van der Waals surface area contributed by atoms with Gasteiger partial charge in [0.15, 0.2) is 0 Å². The summed E-state index contributed by atoms with van der Waals surface area (Å²) in [5.74, 6) is 5.20. The molecule has 0 aromatic carbocycles. The third-order valence-electron chi connectivity index (χ3n) is 4.90. The van der Waals surface area contributed by atoms with Gasteiger partial charge in [-0.3, -0.25) is 0 Å². The molecule has 4 unspecified atom stereocenters. The van der Waals surface area contributed by atoms with Crippen LogP contribution in [0.15, 0.2) is 0 Å². The first kappa shape index (κ1) is 11.8. The first-order chi connectivity index (χ1) is 7.31. The van der Waals surface area contributed by atoms with Crippen molar-refractivity contribution in [3.05, 3.63) is 0 Å². The molecule has 2 aliphatic rings. The second-order valence-electron chi connectivity index (χ2n) is 5.88. The summed E-state index contributed by atoms with van der Waals surface area (Å²) in [5.41, 5.74) is 0. The molecular weight excluding hydrogens is 200 g/mol. The number of hydrogen-bond donors (Lipinski definition) is 1. The molecule has 0 spiro atoms. The Labute approximate surface area is 101 Å². The third-order valence-corrected chi connectivity index (χ3v) is 5.16. The summed E-state index contributed by atoms with van der Waals surface area (Å²) in [6.45, 7) is 2.47. The van der Waals surface area contributed by atoms with E-state index in [1.165, 1.54) is 44.9 Å². The van der Waals surface area contributed by atoms with E-state index in [0.717, 1.165) is 29.4 Å². The van der Waals surface area contributed by atoms with Crippen molar-refractivity contribution < 1.29 is 0 Å². The van der Waals surface area contributed by atoms with Crippen LogP contribution >= 0.6 is 12.6 Å². The Bertz CT molecular complexity index is 190. The summed E-state index contributed by atoms with van der Waals surface area (Å²) in [6, 6.07) is 0. The SMILES string of the molecule is CC(CCS)C1CCCCC2CCC1C2. The fourth-order valence-electron chi connectivity index (χ4n) is 3.98. The Morgan fingerprint density at radius 1 is 1.13 bits per heavy atom. The lowest BCUT2D eigenvalue weighted by molar-refractivity contribution is 0.200. The van der Waals surface area contributed by atoms with Crippen LogP contribution in [0.5, 0.6) is 0 Å². The Morgan fingerprint density at radius 2 is 1.93 bits per heavy atom. The molecule has 0 aromatic heterocycles. The van der Waals surface area contributed by atoms with Crippen molar-refractivity contribution in [3.63, 3.8) is 0 Å². The fraction of sp³-hybridized carbons (Fsp3) is 1.00. The molecule has 4 atom stereocenters. The van der Waals surface area contributed by atoms with Gasteiger partial charge in [-0.1, -0.05) is 32.6 Å². The minimum absolute atomic E-state index is 0.921. The Morgan fingerprint density at radius 3 is 2.73 bits per heavy atom. The molecule has 0 aromatic rings. The Balaban J connectivity index is 1.95. The molecule has 1 heteroatoms. The zero-order chi connectivity index (χ0) is 10.7. The molecule has 0 N–H and O–H groups in total. The van der Waals surface area contributed by atoms with Gasteiger partial charge in [-0.25, -0.2) is 0 Å². The molecule has 0 aliphatic heterocycles. The second kappa shape index (κ2) is 5.61. The normalized spacial score (nSPS) is 38.4. The minimum atomic E-state index is 0.921. The van der Waals surface area contributed by atoms with E-state index in [2.05, 4.69) is 19.6 Å². The molecule has 0 saturated heterocycles. The van der Waals surface area contributed by atoms with Crippen LogP contribution in [0.2, 0.25) is 0 Å². The van der Waals surface area contributed by atoms with Crippen molar-refractivity contribution in [1.29, 1.82) is 0 Å². The zero-order valence-corrected chi connectivity index (χ0v) is 11.0. The standard InChI is InChI=1S/C14H26S/c1-11(8-9-15)14-5-3-2-4-12-6-7-13(14)10-12/h11-15H,2-10H2,1H3. The van der Waals surface area contributed by atoms with Crippen LogP contribution in [-0.2, 0) is 0 Å². The van der Waals surface area contributed by atoms with E-state index < -0.39 is 0 Å². The molecule has 0 nitrogen and oxygen atoms in total. The van der Waals surface area contributed by atoms with E-state index in [9.17, 15) is 0 Å². The fourth-order valence-corrected chi connectivity index (χ4v) is 4.39. The van der Waals surface area contributed by atoms with Crippen LogP contribution in [0.1, 0.15) is 58.3 Å². The van der Waals surface area contributed by atoms with Crippen molar-refractivity contribution >= 4 is 12.6 Å². The van der Waals surface area contributed by atoms with Gasteiger partial charge in [-0.15, -0.1) is 0 Å². The lowest BCUT2D eigenvalue weighted by atomic mass is 9.75. The first-order valence-electron chi connectivity index (χ1n) is 6.92. The van der Waals surface area contributed by atoms with Crippen LogP contribution in [0.25, 0.3) is 0 Å². The van der Waals surface area contributed by atoms with E-state index in [-0.39, 0.29) is 0 Å². The third kappa shape index (κ3) is 2.93. The number of rotatable bonds is 3. The van der Waals surface area contributed by atoms with E-state index in [4.69, 9.17) is 0 Å². The van der Waals surface area contributed by atoms with E-state index >= 15 is 0 Å². The quantitative estimate of drug-likeness (QED) is 0.671. The van der Waals surface area contributed by atoms with Crippen LogP contribution in [0, 0.1) is 23.7 Å². The Kier molecular flexibility index (Phi) is 4.42. The van der Waals surface area contributed by atoms with Crippen molar-refractivity contribution in [2.24, 2.45) is 23.7 Å². The summed E-state index contributed by atoms with van der Waals surface area (Å²) < 4.78 is 0. The molecule has 0 heterocycles. The van der Waals surface area contributed by atoms with E-state index in [1.54, 1.807) is 6.42 Å². The van der Waals surface area contributed by atoms with Gasteiger partial charge >= 0.3 is 0 Å². The summed E-state index contributed by atoms with van der Waals surface area (Å²) in [6.07, 6.45) is 12.0. The zero-order valence-electron chi connectivity index (χ0n) is 10.1. The van der Waals surface area contributed by atoms with Gasteiger partial charge < -0.3 is 0 Å². The molecule has 2 aliphatic carbocycles. The molecule has 2 saturated carbocycles. The maximum absolute atomic E-state index is 4.40. The van der Waals surface area contributed by atoms with E-state index in [0.29, 0.717) is 0 Å². The minimum Gasteiger partial charge on any atom is -0.179 e. The number of fused-ring (bicyclic) bond motifs is 2. The van der Waals surface area contributed by atoms with Crippen LogP contribution in [-0.4, -0.2) is 5.75 Å². The molecule has 88 valence electrons. The van der Waals surface area contributed by atoms with Crippen molar-refractivity contribution in [2.45, 2.75) is 58.3 Å². The van der Waals surface area contributed by atoms with Gasteiger partial charge in [0, 0.05) is 0 Å². The predicted molar refractivity (Wildman–Crippen MR) is 70.4 cm³/mol. The molecular formula is C14H26S. The summed E-state index contributed by atoms with van der Waals surface area (Å²) in [5, 5.41) is 0. The average molecular weight is 226 g/mol. The molecule has 2 fully saturated rings. The van der Waals surface area contributed by atoms with Crippen LogP contribution in [0.4, 0.5) is 0 Å². The summed E-state index contributed by atoms with van der Waals surface area (Å²) in [4.78, 5) is 0. The van der Waals surface area contributed by atoms with Crippen molar-refractivity contribution in [3.8, 4) is 0 Å². The van der Waals surface area contributed by atoms with E-state index in [1.807, 2.05) is 0 Å². The number of thiol groups is 1. The molecule has 15 heavy (non-hydrogen) atoms. The maximum Gasteiger partial charge on any atom is -0.00953 e. The topological polar surface area (TPSA) is 0 Å². The van der Waals surface area contributed by atoms with Gasteiger partial charge in [-0.05, 0) is 55.1 Å². The predicted octanol–water partition coefficient (Wildman–Crippen LogP) is 4.55. The number of hydrogen-bond acceptors (Lipinski definition) is 1. The van der Waals surface area contributed by atoms with Gasteiger partial charge in [0.2, 0.25) is 0 Å². The highest BCUT2D eigenvalue weighted by molar-refractivity contribution is 7.80. The summed E-state index contributed by atoms with van der Waals surface area (Å²) in [7, 11) is 0. The lowest BCUT2D eigenvalue weighted by Gasteiger charge is -2.31. The lowest BCUT2D eigenvalue weighted by Crippen LogP contribution is -2.22. The highest BCUT2D eigenvalue weighted by atomic mass is 32.1. The molecule has 2 rings (SSSR count). The largest absolute Gasteiger partial charge is 0.179 e. The molecule has 0 radical (unpaired) electrons. The highest BCUT2D eigenvalue weighted by Gasteiger charge is 2.34. The molecule has 0 amide bonds. The van der Waals surface area contributed by atoms with Gasteiger partial charge in [-0.2, -0.15) is 12.6 Å². The summed E-state index contributed by atoms with van der Waals surface area (Å²) >= 11 is 4.40. The average Bonchev–Trinajstić information content (AvgIpc) is 2.64. The first-order valence-corrected chi connectivity index (χ1v) is 7.55. The van der Waals surface area contributed by atoms with Crippen molar-refractivity contribution in [2.75, 3.05) is 5.75 Å². The van der Waals surface area contributed by atoms with Gasteiger partial charge in [0.05, 0.1) is 0 Å². The Hall–Kier alpha value is 0.350. The van der Waals surface area contributed by atoms with Crippen LogP contribution < -0.4 is 0 Å². The smallest absolute Gasteiger partial charge is 0.00953 e.